The number of aryl methyl sites for hydroxylation is 3. The molecule has 0 heterocycles. The molecule has 0 bridgehead atoms. The van der Waals surface area contributed by atoms with Crippen molar-refractivity contribution in [3.05, 3.63) is 28.8 Å². The average molecular weight is 291 g/mol. The van der Waals surface area contributed by atoms with Crippen molar-refractivity contribution in [1.29, 1.82) is 0 Å². The van der Waals surface area contributed by atoms with E-state index in [1.54, 1.807) is 0 Å². The van der Waals surface area contributed by atoms with Crippen LogP contribution in [0.15, 0.2) is 12.1 Å². The molecule has 69 valence electrons. The Morgan fingerprint density at radius 3 is 1.75 bits per heavy atom. The quantitative estimate of drug-likeness (QED) is 0.697. The summed E-state index contributed by atoms with van der Waals surface area (Å²) in [6, 6.07) is 4.27. The van der Waals surface area contributed by atoms with E-state index in [-0.39, 0.29) is 0 Å². The molecule has 0 aliphatic heterocycles. The molecule has 0 aliphatic carbocycles. The molecule has 0 amide bonds. The Hall–Kier alpha value is 0.423. The molecule has 12 heavy (non-hydrogen) atoms. The summed E-state index contributed by atoms with van der Waals surface area (Å²) < 4.78 is 1.19. The summed E-state index contributed by atoms with van der Waals surface area (Å²) in [4.78, 5) is 0. The summed E-state index contributed by atoms with van der Waals surface area (Å²) in [5, 5.41) is 0. The van der Waals surface area contributed by atoms with Crippen LogP contribution in [0.1, 0.15) is 16.7 Å². The van der Waals surface area contributed by atoms with Gasteiger partial charge in [-0.2, -0.15) is 0 Å². The van der Waals surface area contributed by atoms with Crippen molar-refractivity contribution in [2.45, 2.75) is 20.8 Å². The molecule has 0 N–H and O–H groups in total. The zero-order valence-corrected chi connectivity index (χ0v) is 10.5. The van der Waals surface area contributed by atoms with Gasteiger partial charge in [0.15, 0.2) is 0 Å². The van der Waals surface area contributed by atoms with Gasteiger partial charge in [-0.25, -0.2) is 0 Å². The Morgan fingerprint density at radius 1 is 1.00 bits per heavy atom. The van der Waals surface area contributed by atoms with Gasteiger partial charge in [0, 0.05) is 0 Å². The van der Waals surface area contributed by atoms with E-state index >= 15 is 0 Å². The molecule has 0 aromatic heterocycles. The first-order valence-electron chi connectivity index (χ1n) is 3.60. The Labute approximate surface area is 86.9 Å². The number of hydrogen-bond acceptors (Lipinski definition) is 0. The van der Waals surface area contributed by atoms with Crippen LogP contribution in [0.4, 0.5) is 0 Å². The second kappa shape index (κ2) is 4.09. The molecule has 0 saturated heterocycles. The fraction of sp³-hybridized carbons (Fsp3) is 0.333. The minimum absolute atomic E-state index is 1.19. The summed E-state index contributed by atoms with van der Waals surface area (Å²) in [6.07, 6.45) is 0. The summed E-state index contributed by atoms with van der Waals surface area (Å²) in [5.74, 6) is 0. The Morgan fingerprint density at radius 2 is 1.42 bits per heavy atom. The van der Waals surface area contributed by atoms with Gasteiger partial charge in [0.2, 0.25) is 0 Å². The van der Waals surface area contributed by atoms with E-state index in [4.69, 9.17) is 19.4 Å². The summed E-state index contributed by atoms with van der Waals surface area (Å²) in [5.41, 5.74) is 3.74. The van der Waals surface area contributed by atoms with Crippen molar-refractivity contribution in [1.82, 2.24) is 0 Å². The predicted molar refractivity (Wildman–Crippen MR) is 52.0 cm³/mol. The summed E-state index contributed by atoms with van der Waals surface area (Å²) in [6.45, 7) is 6.23. The van der Waals surface area contributed by atoms with Crippen LogP contribution in [0.25, 0.3) is 0 Å². The monoisotopic (exact) mass is 291 g/mol. The van der Waals surface area contributed by atoms with Gasteiger partial charge < -0.3 is 0 Å². The fourth-order valence-corrected chi connectivity index (χ4v) is 5.15. The van der Waals surface area contributed by atoms with Crippen molar-refractivity contribution in [3.8, 4) is 0 Å². The number of benzene rings is 1. The van der Waals surface area contributed by atoms with Crippen LogP contribution in [-0.2, 0) is 14.0 Å². The van der Waals surface area contributed by atoms with E-state index in [2.05, 4.69) is 32.9 Å². The second-order valence-corrected chi connectivity index (χ2v) is 8.63. The fourth-order valence-electron chi connectivity index (χ4n) is 1.37. The molecular weight excluding hydrogens is 280 g/mol. The van der Waals surface area contributed by atoms with E-state index in [0.29, 0.717) is 0 Å². The zero-order chi connectivity index (χ0) is 9.30. The van der Waals surface area contributed by atoms with Crippen LogP contribution < -0.4 is 4.16 Å². The number of hydrogen-bond donors (Lipinski definition) is 0. The first-order valence-corrected chi connectivity index (χ1v) is 8.94. The SMILES string of the molecule is Cc1cc(C)[c]([Ru]([Cl])[Cl])c(C)c1. The third-order valence-corrected chi connectivity index (χ3v) is 5.30. The third-order valence-electron chi connectivity index (χ3n) is 1.70. The Balaban J connectivity index is 3.28. The molecule has 1 aromatic carbocycles. The second-order valence-electron chi connectivity index (χ2n) is 2.88. The van der Waals surface area contributed by atoms with Crippen molar-refractivity contribution in [2.24, 2.45) is 0 Å². The standard InChI is InChI=1S/C9H11.2ClH.Ru/c1-7-4-8(2)6-9(3)5-7;;;/h4-5H,1-3H3;2*1H;/q;;;+2/p-2. The Bertz CT molecular complexity index is 272. The molecule has 0 unspecified atom stereocenters. The molecule has 0 radical (unpaired) electrons. The van der Waals surface area contributed by atoms with E-state index in [1.807, 2.05) is 0 Å². The first kappa shape index (κ1) is 10.5. The van der Waals surface area contributed by atoms with Crippen molar-refractivity contribution in [2.75, 3.05) is 0 Å². The maximum atomic E-state index is 5.97. The number of halogens is 2. The van der Waals surface area contributed by atoms with Gasteiger partial charge in [-0.15, -0.1) is 0 Å². The molecular formula is C9H11Cl2Ru. The predicted octanol–water partition coefficient (Wildman–Crippen LogP) is 3.16. The summed E-state index contributed by atoms with van der Waals surface area (Å²) >= 11 is -1.72. The van der Waals surface area contributed by atoms with Gasteiger partial charge >= 0.3 is 87.1 Å². The topological polar surface area (TPSA) is 0 Å². The van der Waals surface area contributed by atoms with Crippen molar-refractivity contribution < 1.29 is 14.0 Å². The minimum atomic E-state index is -1.72. The Kier molecular flexibility index (Phi) is 3.58. The maximum absolute atomic E-state index is 5.97. The van der Waals surface area contributed by atoms with Crippen LogP contribution in [0.5, 0.6) is 0 Å². The van der Waals surface area contributed by atoms with E-state index in [1.165, 1.54) is 20.8 Å². The van der Waals surface area contributed by atoms with Crippen LogP contribution in [0.2, 0.25) is 0 Å². The van der Waals surface area contributed by atoms with Crippen LogP contribution in [-0.4, -0.2) is 0 Å². The molecule has 0 aliphatic rings. The van der Waals surface area contributed by atoms with Crippen LogP contribution >= 0.6 is 19.4 Å². The van der Waals surface area contributed by atoms with Gasteiger partial charge in [0.1, 0.15) is 0 Å². The molecule has 0 atom stereocenters. The van der Waals surface area contributed by atoms with E-state index in [9.17, 15) is 0 Å². The van der Waals surface area contributed by atoms with Gasteiger partial charge in [0.05, 0.1) is 0 Å². The molecule has 3 heteroatoms. The molecule has 0 fully saturated rings. The van der Waals surface area contributed by atoms with Crippen LogP contribution in [0, 0.1) is 20.8 Å². The third kappa shape index (κ3) is 2.22. The van der Waals surface area contributed by atoms with Gasteiger partial charge in [-0.3, -0.25) is 0 Å². The van der Waals surface area contributed by atoms with Crippen molar-refractivity contribution in [3.63, 3.8) is 0 Å². The van der Waals surface area contributed by atoms with E-state index in [0.717, 1.165) is 0 Å². The molecule has 0 nitrogen and oxygen atoms in total. The van der Waals surface area contributed by atoms with E-state index < -0.39 is 14.0 Å². The van der Waals surface area contributed by atoms with Gasteiger partial charge in [-0.05, 0) is 0 Å². The average Bonchev–Trinajstić information content (AvgIpc) is 1.82. The normalized spacial score (nSPS) is 11.6. The van der Waals surface area contributed by atoms with Crippen molar-refractivity contribution >= 4 is 23.5 Å². The molecule has 0 spiro atoms. The molecule has 1 rings (SSSR count). The van der Waals surface area contributed by atoms with Gasteiger partial charge in [-0.1, -0.05) is 0 Å². The molecule has 0 saturated carbocycles. The van der Waals surface area contributed by atoms with Crippen LogP contribution in [0.3, 0.4) is 0 Å². The van der Waals surface area contributed by atoms with Gasteiger partial charge in [0.25, 0.3) is 0 Å². The summed E-state index contributed by atoms with van der Waals surface area (Å²) in [7, 11) is 11.9. The number of rotatable bonds is 1. The molecule has 1 aromatic rings. The zero-order valence-electron chi connectivity index (χ0n) is 7.26. The first-order chi connectivity index (χ1) is 5.52.